The molecule has 0 atom stereocenters. The first kappa shape index (κ1) is 13.0. The Hall–Kier alpha value is -1.04. The van der Waals surface area contributed by atoms with Gasteiger partial charge in [-0.1, -0.05) is 11.6 Å². The number of aromatic nitrogens is 1. The Bertz CT molecular complexity index is 757. The van der Waals surface area contributed by atoms with Gasteiger partial charge in [0, 0.05) is 16.1 Å². The predicted molar refractivity (Wildman–Crippen MR) is 73.4 cm³/mol. The number of nitrogens with zero attached hydrogens (tertiary/aromatic N) is 1. The van der Waals surface area contributed by atoms with E-state index in [2.05, 4.69) is 4.98 Å². The third-order valence-corrected chi connectivity index (χ3v) is 4.42. The van der Waals surface area contributed by atoms with E-state index >= 15 is 0 Å². The Kier molecular flexibility index (Phi) is 3.08. The van der Waals surface area contributed by atoms with Crippen LogP contribution >= 0.6 is 22.3 Å². The Balaban J connectivity index is 2.26. The van der Waals surface area contributed by atoms with Crippen molar-refractivity contribution >= 4 is 42.2 Å². The summed E-state index contributed by atoms with van der Waals surface area (Å²) in [4.78, 5) is 4.16. The molecule has 7 heteroatoms. The zero-order valence-corrected chi connectivity index (χ0v) is 12.0. The van der Waals surface area contributed by atoms with Crippen molar-refractivity contribution < 1.29 is 13.2 Å². The van der Waals surface area contributed by atoms with Gasteiger partial charge < -0.3 is 4.74 Å². The predicted octanol–water partition coefficient (Wildman–Crippen LogP) is 3.36. The summed E-state index contributed by atoms with van der Waals surface area (Å²) in [7, 11) is 1.58. The second-order valence-corrected chi connectivity index (χ2v) is 7.27. The molecule has 1 aliphatic carbocycles. The molecule has 19 heavy (non-hydrogen) atoms. The molecule has 0 spiro atoms. The van der Waals surface area contributed by atoms with E-state index in [1.807, 2.05) is 0 Å². The maximum absolute atomic E-state index is 11.5. The van der Waals surface area contributed by atoms with Gasteiger partial charge in [0.2, 0.25) is 0 Å². The van der Waals surface area contributed by atoms with Crippen LogP contribution in [0.5, 0.6) is 5.75 Å². The van der Waals surface area contributed by atoms with Crippen LogP contribution in [-0.2, 0) is 9.05 Å². The fourth-order valence-electron chi connectivity index (χ4n) is 1.82. The largest absolute Gasteiger partial charge is 0.488 e. The lowest BCUT2D eigenvalue weighted by Crippen LogP contribution is -2.00. The quantitative estimate of drug-likeness (QED) is 0.643. The number of ether oxygens (including phenoxy) is 1. The monoisotopic (exact) mass is 317 g/mol. The van der Waals surface area contributed by atoms with E-state index in [4.69, 9.17) is 27.0 Å². The topological polar surface area (TPSA) is 56.3 Å². The van der Waals surface area contributed by atoms with E-state index in [0.29, 0.717) is 16.7 Å². The first-order valence-corrected chi connectivity index (χ1v) is 8.34. The summed E-state index contributed by atoms with van der Waals surface area (Å²) < 4.78 is 28.8. The van der Waals surface area contributed by atoms with Crippen molar-refractivity contribution in [3.63, 3.8) is 0 Å². The number of hydrogen-bond donors (Lipinski definition) is 0. The van der Waals surface area contributed by atoms with Gasteiger partial charge in [-0.3, -0.25) is 0 Å². The van der Waals surface area contributed by atoms with Crippen LogP contribution in [0.3, 0.4) is 0 Å². The smallest absolute Gasteiger partial charge is 0.261 e. The van der Waals surface area contributed by atoms with Crippen LogP contribution in [0.15, 0.2) is 29.2 Å². The van der Waals surface area contributed by atoms with Crippen molar-refractivity contribution in [3.8, 4) is 5.75 Å². The molecule has 1 saturated carbocycles. The molecule has 1 aromatic heterocycles. The highest BCUT2D eigenvalue weighted by atomic mass is 35.7. The first-order valence-electron chi connectivity index (χ1n) is 5.66. The standard InChI is InChI=1S/C12H9Cl2NO3S/c13-11-6-3-8-10(19(14,16)17)5-4-9(12(8)15-11)18-7-1-2-7/h3-7H,1-2H2. The molecule has 1 aromatic carbocycles. The van der Waals surface area contributed by atoms with Crippen LogP contribution in [-0.4, -0.2) is 19.5 Å². The molecule has 0 saturated heterocycles. The molecule has 0 unspecified atom stereocenters. The molecule has 1 heterocycles. The zero-order valence-electron chi connectivity index (χ0n) is 9.64. The number of halogens is 2. The number of rotatable bonds is 3. The maximum Gasteiger partial charge on any atom is 0.261 e. The highest BCUT2D eigenvalue weighted by Gasteiger charge is 2.26. The van der Waals surface area contributed by atoms with Crippen LogP contribution in [0.4, 0.5) is 0 Å². The van der Waals surface area contributed by atoms with Gasteiger partial charge in [0.1, 0.15) is 16.4 Å². The SMILES string of the molecule is O=S(=O)(Cl)c1ccc(OC2CC2)c2nc(Cl)ccc12. The molecule has 0 N–H and O–H groups in total. The summed E-state index contributed by atoms with van der Waals surface area (Å²) in [6.45, 7) is 0. The average molecular weight is 318 g/mol. The van der Waals surface area contributed by atoms with Crippen molar-refractivity contribution in [3.05, 3.63) is 29.4 Å². The normalized spacial score (nSPS) is 15.7. The molecule has 100 valence electrons. The van der Waals surface area contributed by atoms with Crippen molar-refractivity contribution in [2.75, 3.05) is 0 Å². The first-order chi connectivity index (χ1) is 8.95. The molecule has 1 fully saturated rings. The summed E-state index contributed by atoms with van der Waals surface area (Å²) in [6.07, 6.45) is 2.18. The molecular formula is C12H9Cl2NO3S. The van der Waals surface area contributed by atoms with E-state index in [0.717, 1.165) is 12.8 Å². The number of pyridine rings is 1. The maximum atomic E-state index is 11.5. The van der Waals surface area contributed by atoms with Gasteiger partial charge in [0.05, 0.1) is 11.0 Å². The minimum Gasteiger partial charge on any atom is -0.488 e. The van der Waals surface area contributed by atoms with Crippen molar-refractivity contribution in [2.45, 2.75) is 23.8 Å². The zero-order chi connectivity index (χ0) is 13.6. The van der Waals surface area contributed by atoms with E-state index in [-0.39, 0.29) is 16.2 Å². The Morgan fingerprint density at radius 1 is 1.21 bits per heavy atom. The van der Waals surface area contributed by atoms with E-state index in [1.54, 1.807) is 12.1 Å². The number of benzene rings is 1. The molecule has 0 aliphatic heterocycles. The molecule has 3 rings (SSSR count). The third-order valence-electron chi connectivity index (χ3n) is 2.83. The van der Waals surface area contributed by atoms with E-state index < -0.39 is 9.05 Å². The molecule has 1 aliphatic rings. The highest BCUT2D eigenvalue weighted by Crippen LogP contribution is 2.35. The van der Waals surface area contributed by atoms with Crippen molar-refractivity contribution in [1.29, 1.82) is 0 Å². The Labute approximate surface area is 119 Å². The van der Waals surface area contributed by atoms with Crippen LogP contribution in [0, 0.1) is 0 Å². The summed E-state index contributed by atoms with van der Waals surface area (Å²) in [5.74, 6) is 0.532. The molecule has 4 nitrogen and oxygen atoms in total. The highest BCUT2D eigenvalue weighted by molar-refractivity contribution is 8.14. The minimum atomic E-state index is -3.84. The minimum absolute atomic E-state index is 0.0106. The van der Waals surface area contributed by atoms with Crippen LogP contribution in [0.25, 0.3) is 10.9 Å². The number of fused-ring (bicyclic) bond motifs is 1. The Morgan fingerprint density at radius 2 is 1.95 bits per heavy atom. The summed E-state index contributed by atoms with van der Waals surface area (Å²) in [5, 5.41) is 0.690. The van der Waals surface area contributed by atoms with Gasteiger partial charge >= 0.3 is 0 Å². The lowest BCUT2D eigenvalue weighted by molar-refractivity contribution is 0.306. The summed E-state index contributed by atoms with van der Waals surface area (Å²) in [6, 6.07) is 6.10. The van der Waals surface area contributed by atoms with Crippen LogP contribution in [0.2, 0.25) is 5.15 Å². The second kappa shape index (κ2) is 4.51. The molecule has 2 aromatic rings. The van der Waals surface area contributed by atoms with Crippen molar-refractivity contribution in [1.82, 2.24) is 4.98 Å². The van der Waals surface area contributed by atoms with Gasteiger partial charge in [0.25, 0.3) is 9.05 Å². The number of hydrogen-bond acceptors (Lipinski definition) is 4. The van der Waals surface area contributed by atoms with Crippen molar-refractivity contribution in [2.24, 2.45) is 0 Å². The molecule has 0 bridgehead atoms. The van der Waals surface area contributed by atoms with Gasteiger partial charge in [0.15, 0.2) is 0 Å². The fourth-order valence-corrected chi connectivity index (χ4v) is 3.02. The van der Waals surface area contributed by atoms with Gasteiger partial charge in [-0.15, -0.1) is 0 Å². The Morgan fingerprint density at radius 3 is 2.58 bits per heavy atom. The van der Waals surface area contributed by atoms with E-state index in [1.165, 1.54) is 12.1 Å². The van der Waals surface area contributed by atoms with Gasteiger partial charge in [-0.2, -0.15) is 0 Å². The fraction of sp³-hybridized carbons (Fsp3) is 0.250. The third kappa shape index (κ3) is 2.63. The summed E-state index contributed by atoms with van der Waals surface area (Å²) >= 11 is 5.86. The molecular weight excluding hydrogens is 309 g/mol. The summed E-state index contributed by atoms with van der Waals surface area (Å²) in [5.41, 5.74) is 0.418. The van der Waals surface area contributed by atoms with E-state index in [9.17, 15) is 8.42 Å². The van der Waals surface area contributed by atoms with Gasteiger partial charge in [-0.05, 0) is 37.1 Å². The molecule has 0 amide bonds. The lowest BCUT2D eigenvalue weighted by atomic mass is 10.2. The second-order valence-electron chi connectivity index (χ2n) is 4.35. The van der Waals surface area contributed by atoms with Crippen LogP contribution in [0.1, 0.15) is 12.8 Å². The average Bonchev–Trinajstić information content (AvgIpc) is 3.12. The van der Waals surface area contributed by atoms with Gasteiger partial charge in [-0.25, -0.2) is 13.4 Å². The lowest BCUT2D eigenvalue weighted by Gasteiger charge is -2.10. The van der Waals surface area contributed by atoms with Crippen LogP contribution < -0.4 is 4.74 Å². The molecule has 0 radical (unpaired) electrons.